The minimum atomic E-state index is 0.278. The van der Waals surface area contributed by atoms with Crippen LogP contribution in [0.3, 0.4) is 0 Å². The Labute approximate surface area is 94.4 Å². The van der Waals surface area contributed by atoms with Gasteiger partial charge in [0.05, 0.1) is 0 Å². The summed E-state index contributed by atoms with van der Waals surface area (Å²) in [6.45, 7) is 10.1. The van der Waals surface area contributed by atoms with E-state index in [0.29, 0.717) is 6.04 Å². The van der Waals surface area contributed by atoms with E-state index in [1.807, 2.05) is 0 Å². The Balaban J connectivity index is 2.57. The van der Waals surface area contributed by atoms with Gasteiger partial charge >= 0.3 is 0 Å². The number of nitrogens with one attached hydrogen (secondary N) is 1. The molecule has 0 aromatic rings. The van der Waals surface area contributed by atoms with E-state index in [9.17, 15) is 0 Å². The quantitative estimate of drug-likeness (QED) is 0.710. The molecule has 0 aromatic heterocycles. The second-order valence-electron chi connectivity index (χ2n) is 4.78. The average Bonchev–Trinajstić information content (AvgIpc) is 2.26. The molecule has 15 heavy (non-hydrogen) atoms. The van der Waals surface area contributed by atoms with Crippen LogP contribution in [0.15, 0.2) is 0 Å². The average molecular weight is 208 g/mol. The van der Waals surface area contributed by atoms with Crippen molar-refractivity contribution >= 4 is 0 Å². The Morgan fingerprint density at radius 2 is 2.27 bits per heavy atom. The molecule has 0 aliphatic carbocycles. The van der Waals surface area contributed by atoms with Crippen LogP contribution < -0.4 is 5.32 Å². The van der Waals surface area contributed by atoms with Gasteiger partial charge in [-0.3, -0.25) is 4.90 Å². The van der Waals surface area contributed by atoms with Crippen LogP contribution in [0, 0.1) is 12.3 Å². The van der Waals surface area contributed by atoms with Crippen LogP contribution in [0.5, 0.6) is 0 Å². The predicted octanol–water partition coefficient (Wildman–Crippen LogP) is 1.86. The molecule has 0 amide bonds. The third-order valence-corrected chi connectivity index (χ3v) is 3.63. The van der Waals surface area contributed by atoms with Crippen LogP contribution in [-0.4, -0.2) is 36.1 Å². The molecule has 1 saturated heterocycles. The summed E-state index contributed by atoms with van der Waals surface area (Å²) in [7, 11) is 0. The van der Waals surface area contributed by atoms with Crippen LogP contribution in [-0.2, 0) is 0 Å². The zero-order valence-electron chi connectivity index (χ0n) is 10.3. The molecule has 0 spiro atoms. The summed E-state index contributed by atoms with van der Waals surface area (Å²) in [6, 6.07) is 0.665. The smallest absolute Gasteiger partial charge is 0.0278 e. The Morgan fingerprint density at radius 1 is 1.53 bits per heavy atom. The third kappa shape index (κ3) is 3.22. The predicted molar refractivity (Wildman–Crippen MR) is 65.8 cm³/mol. The highest BCUT2D eigenvalue weighted by atomic mass is 15.2. The number of nitrogens with zero attached hydrogens (tertiary/aromatic N) is 1. The first-order valence-corrected chi connectivity index (χ1v) is 6.07. The van der Waals surface area contributed by atoms with Crippen LogP contribution in [0.1, 0.15) is 40.0 Å². The van der Waals surface area contributed by atoms with E-state index in [2.05, 4.69) is 36.9 Å². The monoisotopic (exact) mass is 208 g/mol. The van der Waals surface area contributed by atoms with Crippen LogP contribution in [0.2, 0.25) is 0 Å². The van der Waals surface area contributed by atoms with E-state index < -0.39 is 0 Å². The molecule has 86 valence electrons. The molecule has 0 bridgehead atoms. The normalized spacial score (nSPS) is 32.5. The molecule has 0 radical (unpaired) electrons. The zero-order chi connectivity index (χ0) is 11.3. The van der Waals surface area contributed by atoms with Gasteiger partial charge in [-0.25, -0.2) is 0 Å². The van der Waals surface area contributed by atoms with Gasteiger partial charge in [-0.05, 0) is 19.8 Å². The lowest BCUT2D eigenvalue weighted by molar-refractivity contribution is 0.0843. The van der Waals surface area contributed by atoms with Crippen molar-refractivity contribution in [1.29, 1.82) is 0 Å². The van der Waals surface area contributed by atoms with Crippen molar-refractivity contribution in [3.8, 4) is 12.3 Å². The molecule has 1 aliphatic heterocycles. The summed E-state index contributed by atoms with van der Waals surface area (Å²) < 4.78 is 0. The maximum atomic E-state index is 5.34. The molecule has 1 heterocycles. The fourth-order valence-corrected chi connectivity index (χ4v) is 2.24. The summed E-state index contributed by atoms with van der Waals surface area (Å²) in [5.74, 6) is 2.74. The number of hydrogen-bond donors (Lipinski definition) is 1. The van der Waals surface area contributed by atoms with Crippen molar-refractivity contribution in [2.45, 2.75) is 51.6 Å². The Kier molecular flexibility index (Phi) is 4.63. The lowest BCUT2D eigenvalue weighted by Gasteiger charge is -2.45. The molecule has 2 nitrogen and oxygen atoms in total. The van der Waals surface area contributed by atoms with Gasteiger partial charge in [0.15, 0.2) is 0 Å². The molecule has 0 saturated carbocycles. The first-order valence-electron chi connectivity index (χ1n) is 6.07. The summed E-state index contributed by atoms with van der Waals surface area (Å²) >= 11 is 0. The summed E-state index contributed by atoms with van der Waals surface area (Å²) in [5, 5.41) is 3.66. The molecular weight excluding hydrogens is 184 g/mol. The Morgan fingerprint density at radius 3 is 2.80 bits per heavy atom. The molecular formula is C13H24N2. The largest absolute Gasteiger partial charge is 0.309 e. The highest BCUT2D eigenvalue weighted by molar-refractivity contribution is 4.95. The number of hydrogen-bond acceptors (Lipinski definition) is 2. The topological polar surface area (TPSA) is 15.3 Å². The van der Waals surface area contributed by atoms with E-state index in [0.717, 1.165) is 26.1 Å². The van der Waals surface area contributed by atoms with Gasteiger partial charge in [0, 0.05) is 37.6 Å². The van der Waals surface area contributed by atoms with Gasteiger partial charge in [0.2, 0.25) is 0 Å². The third-order valence-electron chi connectivity index (χ3n) is 3.63. The molecule has 1 aliphatic rings. The molecule has 1 fully saturated rings. The Hall–Kier alpha value is -0.520. The molecule has 2 atom stereocenters. The van der Waals surface area contributed by atoms with Gasteiger partial charge in [0.1, 0.15) is 0 Å². The second kappa shape index (κ2) is 5.53. The zero-order valence-corrected chi connectivity index (χ0v) is 10.3. The minimum absolute atomic E-state index is 0.278. The summed E-state index contributed by atoms with van der Waals surface area (Å²) in [4.78, 5) is 2.56. The van der Waals surface area contributed by atoms with Gasteiger partial charge in [-0.15, -0.1) is 12.3 Å². The highest BCUT2D eigenvalue weighted by Crippen LogP contribution is 2.20. The molecule has 2 unspecified atom stereocenters. The fraction of sp³-hybridized carbons (Fsp3) is 0.846. The SMILES string of the molecule is C#CCCN1CC(C)(CC)NCC1CC. The summed E-state index contributed by atoms with van der Waals surface area (Å²) in [6.07, 6.45) is 8.59. The number of terminal acetylenes is 1. The summed E-state index contributed by atoms with van der Waals surface area (Å²) in [5.41, 5.74) is 0.278. The molecule has 1 rings (SSSR count). The van der Waals surface area contributed by atoms with Crippen molar-refractivity contribution in [2.75, 3.05) is 19.6 Å². The van der Waals surface area contributed by atoms with Crippen molar-refractivity contribution in [1.82, 2.24) is 10.2 Å². The lowest BCUT2D eigenvalue weighted by Crippen LogP contribution is -2.62. The van der Waals surface area contributed by atoms with E-state index in [4.69, 9.17) is 6.42 Å². The van der Waals surface area contributed by atoms with Gasteiger partial charge in [-0.1, -0.05) is 13.8 Å². The number of piperazine rings is 1. The van der Waals surface area contributed by atoms with Gasteiger partial charge in [0.25, 0.3) is 0 Å². The lowest BCUT2D eigenvalue weighted by atomic mass is 9.92. The minimum Gasteiger partial charge on any atom is -0.309 e. The molecule has 0 aromatic carbocycles. The van der Waals surface area contributed by atoms with E-state index in [-0.39, 0.29) is 5.54 Å². The van der Waals surface area contributed by atoms with Crippen LogP contribution >= 0.6 is 0 Å². The number of rotatable bonds is 4. The standard InChI is InChI=1S/C13H24N2/c1-5-8-9-15-11-13(4,7-3)14-10-12(15)6-2/h1,12,14H,6-11H2,2-4H3. The van der Waals surface area contributed by atoms with Crippen LogP contribution in [0.4, 0.5) is 0 Å². The van der Waals surface area contributed by atoms with Crippen molar-refractivity contribution in [3.63, 3.8) is 0 Å². The van der Waals surface area contributed by atoms with Gasteiger partial charge in [-0.2, -0.15) is 0 Å². The van der Waals surface area contributed by atoms with Crippen LogP contribution in [0.25, 0.3) is 0 Å². The van der Waals surface area contributed by atoms with E-state index in [1.54, 1.807) is 0 Å². The molecule has 2 heteroatoms. The Bertz CT molecular complexity index is 231. The molecule has 1 N–H and O–H groups in total. The fourth-order valence-electron chi connectivity index (χ4n) is 2.24. The maximum absolute atomic E-state index is 5.34. The van der Waals surface area contributed by atoms with Crippen molar-refractivity contribution in [3.05, 3.63) is 0 Å². The first kappa shape index (κ1) is 12.5. The van der Waals surface area contributed by atoms with Gasteiger partial charge < -0.3 is 5.32 Å². The van der Waals surface area contributed by atoms with Crippen molar-refractivity contribution in [2.24, 2.45) is 0 Å². The van der Waals surface area contributed by atoms with Crippen molar-refractivity contribution < 1.29 is 0 Å². The first-order chi connectivity index (χ1) is 7.15. The second-order valence-corrected chi connectivity index (χ2v) is 4.78. The van der Waals surface area contributed by atoms with E-state index in [1.165, 1.54) is 12.8 Å². The van der Waals surface area contributed by atoms with E-state index >= 15 is 0 Å². The maximum Gasteiger partial charge on any atom is 0.0278 e. The highest BCUT2D eigenvalue weighted by Gasteiger charge is 2.32.